The molecule has 0 aromatic rings. The van der Waals surface area contributed by atoms with Crippen LogP contribution >= 0.6 is 11.8 Å². The van der Waals surface area contributed by atoms with Gasteiger partial charge >= 0.3 is 0 Å². The zero-order valence-corrected chi connectivity index (χ0v) is 11.6. The van der Waals surface area contributed by atoms with Crippen molar-refractivity contribution in [3.05, 3.63) is 0 Å². The lowest BCUT2D eigenvalue weighted by Crippen LogP contribution is -2.35. The van der Waals surface area contributed by atoms with Crippen LogP contribution in [-0.4, -0.2) is 42.8 Å². The van der Waals surface area contributed by atoms with Gasteiger partial charge in [-0.1, -0.05) is 39.0 Å². The van der Waals surface area contributed by atoms with Crippen molar-refractivity contribution in [2.45, 2.75) is 45.4 Å². The SMILES string of the molecule is CCCCCCCCSCN1CCOCC1. The Morgan fingerprint density at radius 1 is 1.00 bits per heavy atom. The van der Waals surface area contributed by atoms with Crippen LogP contribution in [0.5, 0.6) is 0 Å². The molecule has 1 rings (SSSR count). The minimum Gasteiger partial charge on any atom is -0.379 e. The van der Waals surface area contributed by atoms with Gasteiger partial charge in [0.25, 0.3) is 0 Å². The third-order valence-corrected chi connectivity index (χ3v) is 4.14. The number of hydrogen-bond donors (Lipinski definition) is 0. The van der Waals surface area contributed by atoms with Crippen molar-refractivity contribution in [1.29, 1.82) is 0 Å². The molecule has 1 fully saturated rings. The van der Waals surface area contributed by atoms with Gasteiger partial charge in [-0.15, -0.1) is 11.8 Å². The summed E-state index contributed by atoms with van der Waals surface area (Å²) >= 11 is 2.09. The van der Waals surface area contributed by atoms with E-state index in [0.29, 0.717) is 0 Å². The highest BCUT2D eigenvalue weighted by atomic mass is 32.2. The molecule has 0 aromatic carbocycles. The Bertz CT molecular complexity index is 149. The van der Waals surface area contributed by atoms with Crippen molar-refractivity contribution in [3.63, 3.8) is 0 Å². The molecule has 0 radical (unpaired) electrons. The van der Waals surface area contributed by atoms with Gasteiger partial charge in [-0.05, 0) is 12.2 Å². The molecule has 0 aliphatic carbocycles. The molecule has 3 heteroatoms. The zero-order chi connectivity index (χ0) is 11.5. The predicted molar refractivity (Wildman–Crippen MR) is 73.1 cm³/mol. The summed E-state index contributed by atoms with van der Waals surface area (Å²) in [4.78, 5) is 2.51. The molecule has 0 bridgehead atoms. The highest BCUT2D eigenvalue weighted by Gasteiger charge is 2.08. The van der Waals surface area contributed by atoms with E-state index >= 15 is 0 Å². The van der Waals surface area contributed by atoms with Crippen LogP contribution in [-0.2, 0) is 4.74 Å². The highest BCUT2D eigenvalue weighted by molar-refractivity contribution is 7.99. The van der Waals surface area contributed by atoms with E-state index < -0.39 is 0 Å². The van der Waals surface area contributed by atoms with E-state index in [1.165, 1.54) is 50.2 Å². The third-order valence-electron chi connectivity index (χ3n) is 3.02. The van der Waals surface area contributed by atoms with Crippen molar-refractivity contribution >= 4 is 11.8 Å². The smallest absolute Gasteiger partial charge is 0.0594 e. The number of hydrogen-bond acceptors (Lipinski definition) is 3. The Morgan fingerprint density at radius 2 is 1.69 bits per heavy atom. The summed E-state index contributed by atoms with van der Waals surface area (Å²) in [6, 6.07) is 0. The van der Waals surface area contributed by atoms with Gasteiger partial charge in [-0.25, -0.2) is 0 Å². The van der Waals surface area contributed by atoms with Crippen molar-refractivity contribution in [2.75, 3.05) is 37.9 Å². The number of thioether (sulfide) groups is 1. The van der Waals surface area contributed by atoms with E-state index in [1.54, 1.807) is 0 Å². The van der Waals surface area contributed by atoms with Crippen molar-refractivity contribution in [2.24, 2.45) is 0 Å². The van der Waals surface area contributed by atoms with Gasteiger partial charge in [-0.2, -0.15) is 0 Å². The molecule has 0 aromatic heterocycles. The van der Waals surface area contributed by atoms with Gasteiger partial charge in [0.05, 0.1) is 13.2 Å². The van der Waals surface area contributed by atoms with Crippen LogP contribution in [0, 0.1) is 0 Å². The molecule has 2 nitrogen and oxygen atoms in total. The molecule has 0 spiro atoms. The second-order valence-corrected chi connectivity index (χ2v) is 5.61. The third kappa shape index (κ3) is 7.53. The lowest BCUT2D eigenvalue weighted by molar-refractivity contribution is 0.0474. The van der Waals surface area contributed by atoms with E-state index in [2.05, 4.69) is 23.6 Å². The first-order valence-corrected chi connectivity index (χ1v) is 7.97. The molecule has 96 valence electrons. The molecule has 1 heterocycles. The summed E-state index contributed by atoms with van der Waals surface area (Å²) in [7, 11) is 0. The monoisotopic (exact) mass is 245 g/mol. The maximum absolute atomic E-state index is 5.33. The summed E-state index contributed by atoms with van der Waals surface area (Å²) in [5.41, 5.74) is 0. The van der Waals surface area contributed by atoms with Crippen LogP contribution in [0.3, 0.4) is 0 Å². The maximum Gasteiger partial charge on any atom is 0.0594 e. The molecule has 1 aliphatic heterocycles. The standard InChI is InChI=1S/C13H27NOS/c1-2-3-4-5-6-7-12-16-13-14-8-10-15-11-9-14/h2-13H2,1H3. The molecule has 0 amide bonds. The van der Waals surface area contributed by atoms with Crippen molar-refractivity contribution in [3.8, 4) is 0 Å². The number of morpholine rings is 1. The van der Waals surface area contributed by atoms with E-state index in [0.717, 1.165) is 26.3 Å². The van der Waals surface area contributed by atoms with Crippen LogP contribution in [0.2, 0.25) is 0 Å². The Hall–Kier alpha value is 0.270. The average Bonchev–Trinajstić information content (AvgIpc) is 2.34. The summed E-state index contributed by atoms with van der Waals surface area (Å²) < 4.78 is 5.33. The Balaban J connectivity index is 1.77. The predicted octanol–water partition coefficient (Wildman–Crippen LogP) is 3.37. The van der Waals surface area contributed by atoms with Crippen molar-refractivity contribution < 1.29 is 4.74 Å². The Morgan fingerprint density at radius 3 is 2.44 bits per heavy atom. The second-order valence-electron chi connectivity index (χ2n) is 4.54. The Labute approximate surface area is 105 Å². The fraction of sp³-hybridized carbons (Fsp3) is 1.00. The minimum absolute atomic E-state index is 0.928. The number of rotatable bonds is 9. The maximum atomic E-state index is 5.33. The molecule has 0 saturated carbocycles. The first-order chi connectivity index (χ1) is 7.93. The number of nitrogens with zero attached hydrogens (tertiary/aromatic N) is 1. The summed E-state index contributed by atoms with van der Waals surface area (Å²) in [6.45, 7) is 6.39. The molecule has 0 atom stereocenters. The first-order valence-electron chi connectivity index (χ1n) is 6.81. The summed E-state index contributed by atoms with van der Waals surface area (Å²) in [5, 5.41) is 0. The van der Waals surface area contributed by atoms with Gasteiger partial charge in [0.1, 0.15) is 0 Å². The molecule has 1 saturated heterocycles. The van der Waals surface area contributed by atoms with Gasteiger partial charge in [-0.3, -0.25) is 4.90 Å². The average molecular weight is 245 g/mol. The summed E-state index contributed by atoms with van der Waals surface area (Å²) in [6.07, 6.45) is 8.47. The topological polar surface area (TPSA) is 12.5 Å². The van der Waals surface area contributed by atoms with Crippen LogP contribution in [0.1, 0.15) is 45.4 Å². The van der Waals surface area contributed by atoms with Gasteiger partial charge in [0.15, 0.2) is 0 Å². The van der Waals surface area contributed by atoms with Crippen molar-refractivity contribution in [1.82, 2.24) is 4.90 Å². The van der Waals surface area contributed by atoms with Crippen LogP contribution in [0.25, 0.3) is 0 Å². The van der Waals surface area contributed by atoms with Gasteiger partial charge in [0.2, 0.25) is 0 Å². The van der Waals surface area contributed by atoms with Crippen LogP contribution in [0.4, 0.5) is 0 Å². The molecule has 1 aliphatic rings. The lowest BCUT2D eigenvalue weighted by Gasteiger charge is -2.25. The van der Waals surface area contributed by atoms with E-state index in [4.69, 9.17) is 4.74 Å². The molecule has 0 N–H and O–H groups in total. The van der Waals surface area contributed by atoms with E-state index in [9.17, 15) is 0 Å². The minimum atomic E-state index is 0.928. The molecule has 0 unspecified atom stereocenters. The first kappa shape index (κ1) is 14.3. The fourth-order valence-electron chi connectivity index (χ4n) is 1.91. The largest absolute Gasteiger partial charge is 0.379 e. The van der Waals surface area contributed by atoms with Gasteiger partial charge in [0, 0.05) is 19.0 Å². The second kappa shape index (κ2) is 10.4. The highest BCUT2D eigenvalue weighted by Crippen LogP contribution is 2.11. The number of ether oxygens (including phenoxy) is 1. The normalized spacial score (nSPS) is 17.8. The number of unbranched alkanes of at least 4 members (excludes halogenated alkanes) is 5. The molecular weight excluding hydrogens is 218 g/mol. The Kier molecular flexibility index (Phi) is 9.34. The fourth-order valence-corrected chi connectivity index (χ4v) is 2.96. The van der Waals surface area contributed by atoms with Crippen LogP contribution < -0.4 is 0 Å². The van der Waals surface area contributed by atoms with E-state index in [1.807, 2.05) is 0 Å². The quantitative estimate of drug-likeness (QED) is 0.578. The molecule has 16 heavy (non-hydrogen) atoms. The van der Waals surface area contributed by atoms with Crippen LogP contribution in [0.15, 0.2) is 0 Å². The zero-order valence-electron chi connectivity index (χ0n) is 10.7. The lowest BCUT2D eigenvalue weighted by atomic mass is 10.1. The molecular formula is C13H27NOS. The van der Waals surface area contributed by atoms with E-state index in [-0.39, 0.29) is 0 Å². The summed E-state index contributed by atoms with van der Waals surface area (Å²) in [5.74, 6) is 2.54. The van der Waals surface area contributed by atoms with Gasteiger partial charge < -0.3 is 4.74 Å².